The number of nitrogens with one attached hydrogen (secondary N) is 1. The highest BCUT2D eigenvalue weighted by Crippen LogP contribution is 2.42. The summed E-state index contributed by atoms with van der Waals surface area (Å²) in [5.74, 6) is 0.289. The van der Waals surface area contributed by atoms with Gasteiger partial charge in [-0.05, 0) is 25.8 Å². The van der Waals surface area contributed by atoms with E-state index in [1.807, 2.05) is 24.3 Å². The molecule has 1 N–H and O–H groups in total. The molecule has 1 unspecified atom stereocenters. The Balaban J connectivity index is 1.67. The van der Waals surface area contributed by atoms with Gasteiger partial charge in [-0.15, -0.1) is 0 Å². The van der Waals surface area contributed by atoms with Gasteiger partial charge in [-0.1, -0.05) is 42.3 Å². The van der Waals surface area contributed by atoms with Crippen LogP contribution in [0.15, 0.2) is 48.1 Å². The Morgan fingerprint density at radius 1 is 1.27 bits per heavy atom. The maximum Gasteiger partial charge on any atom is 0.289 e. The van der Waals surface area contributed by atoms with Gasteiger partial charge in [0.05, 0.1) is 12.4 Å². The van der Waals surface area contributed by atoms with Crippen LogP contribution in [-0.2, 0) is 9.84 Å². The fourth-order valence-corrected chi connectivity index (χ4v) is 3.85. The summed E-state index contributed by atoms with van der Waals surface area (Å²) in [4.78, 5) is 20.4. The number of carbonyl (C=O) groups is 1. The lowest BCUT2D eigenvalue weighted by molar-refractivity contribution is 0.0829. The molecule has 1 aromatic heterocycles. The van der Waals surface area contributed by atoms with Crippen molar-refractivity contribution in [3.63, 3.8) is 0 Å². The number of aromatic nitrogens is 2. The monoisotopic (exact) mass is 449 g/mol. The van der Waals surface area contributed by atoms with Crippen molar-refractivity contribution in [2.75, 3.05) is 6.26 Å². The first kappa shape index (κ1) is 22.2. The quantitative estimate of drug-likeness (QED) is 0.659. The van der Waals surface area contributed by atoms with E-state index in [0.29, 0.717) is 16.7 Å². The number of rotatable bonds is 8. The Morgan fingerprint density at radius 2 is 1.93 bits per heavy atom. The summed E-state index contributed by atoms with van der Waals surface area (Å²) in [5.41, 5.74) is 0.928. The van der Waals surface area contributed by atoms with Crippen LogP contribution < -0.4 is 10.1 Å². The molecule has 1 aliphatic carbocycles. The summed E-state index contributed by atoms with van der Waals surface area (Å²) in [6.45, 7) is 1.66. The molecular weight excluding hydrogens is 426 g/mol. The average molecular weight is 450 g/mol. The summed E-state index contributed by atoms with van der Waals surface area (Å²) in [6, 6.07) is 7.12. The number of halogens is 1. The van der Waals surface area contributed by atoms with Crippen LogP contribution in [0.1, 0.15) is 48.5 Å². The maximum atomic E-state index is 12.3. The molecule has 1 aromatic carbocycles. The van der Waals surface area contributed by atoms with E-state index in [1.165, 1.54) is 18.5 Å². The van der Waals surface area contributed by atoms with E-state index >= 15 is 0 Å². The average Bonchev–Trinajstić information content (AvgIpc) is 2.65. The summed E-state index contributed by atoms with van der Waals surface area (Å²) in [6.07, 6.45) is 8.49. The summed E-state index contributed by atoms with van der Waals surface area (Å²) >= 11 is 6.37. The maximum absolute atomic E-state index is 12.3. The Bertz CT molecular complexity index is 1020. The van der Waals surface area contributed by atoms with Crippen molar-refractivity contribution in [3.8, 4) is 5.75 Å². The highest BCUT2D eigenvalue weighted by Gasteiger charge is 2.31. The number of hydrogen-bond acceptors (Lipinski definition) is 6. The van der Waals surface area contributed by atoms with Crippen molar-refractivity contribution in [1.29, 1.82) is 0 Å². The van der Waals surface area contributed by atoms with Gasteiger partial charge in [0.2, 0.25) is 5.82 Å². The van der Waals surface area contributed by atoms with Crippen LogP contribution in [-0.4, -0.2) is 36.6 Å². The SMILES string of the molecule is C[C@H](/C=C/S(C)(=O)=O)NC(=O)c1ncc(OC(c2ccccc2Cl)C2CCC2)cn1. The van der Waals surface area contributed by atoms with Gasteiger partial charge in [-0.2, -0.15) is 0 Å². The van der Waals surface area contributed by atoms with Gasteiger partial charge in [0.1, 0.15) is 6.10 Å². The van der Waals surface area contributed by atoms with Crippen molar-refractivity contribution in [2.45, 2.75) is 38.3 Å². The molecule has 7 nitrogen and oxygen atoms in total. The number of amides is 1. The molecule has 0 radical (unpaired) electrons. The highest BCUT2D eigenvalue weighted by molar-refractivity contribution is 7.93. The lowest BCUT2D eigenvalue weighted by Crippen LogP contribution is -2.32. The Kier molecular flexibility index (Phi) is 7.10. The van der Waals surface area contributed by atoms with Crippen LogP contribution in [0.5, 0.6) is 5.75 Å². The first-order chi connectivity index (χ1) is 14.2. The second-order valence-corrected chi connectivity index (χ2v) is 9.75. The van der Waals surface area contributed by atoms with Crippen molar-refractivity contribution in [3.05, 3.63) is 64.6 Å². The summed E-state index contributed by atoms with van der Waals surface area (Å²) in [5, 5.41) is 4.33. The van der Waals surface area contributed by atoms with Crippen molar-refractivity contribution >= 4 is 27.3 Å². The number of nitrogens with zero attached hydrogens (tertiary/aromatic N) is 2. The fourth-order valence-electron chi connectivity index (χ4n) is 3.08. The van der Waals surface area contributed by atoms with E-state index in [4.69, 9.17) is 16.3 Å². The predicted octanol–water partition coefficient (Wildman–Crippen LogP) is 3.73. The zero-order valence-electron chi connectivity index (χ0n) is 16.8. The smallest absolute Gasteiger partial charge is 0.289 e. The fraction of sp³-hybridized carbons (Fsp3) is 0.381. The van der Waals surface area contributed by atoms with Crippen molar-refractivity contribution in [2.24, 2.45) is 5.92 Å². The largest absolute Gasteiger partial charge is 0.482 e. The molecule has 1 heterocycles. The molecule has 1 aliphatic rings. The first-order valence-electron chi connectivity index (χ1n) is 9.65. The number of ether oxygens (including phenoxy) is 1. The third-order valence-electron chi connectivity index (χ3n) is 4.86. The third kappa shape index (κ3) is 6.03. The lowest BCUT2D eigenvalue weighted by atomic mass is 9.78. The van der Waals surface area contributed by atoms with Crippen molar-refractivity contribution < 1.29 is 17.9 Å². The van der Waals surface area contributed by atoms with Gasteiger partial charge in [-0.3, -0.25) is 4.79 Å². The van der Waals surface area contributed by atoms with E-state index in [1.54, 1.807) is 6.92 Å². The second-order valence-electron chi connectivity index (χ2n) is 7.41. The normalized spacial score (nSPS) is 16.6. The zero-order valence-corrected chi connectivity index (χ0v) is 18.4. The van der Waals surface area contributed by atoms with Gasteiger partial charge < -0.3 is 10.1 Å². The van der Waals surface area contributed by atoms with Crippen LogP contribution in [0, 0.1) is 5.92 Å². The number of benzene rings is 1. The molecule has 0 aliphatic heterocycles. The van der Waals surface area contributed by atoms with Gasteiger partial charge in [0.15, 0.2) is 15.6 Å². The minimum Gasteiger partial charge on any atom is -0.482 e. The minimum atomic E-state index is -3.26. The Hall–Kier alpha value is -2.45. The number of sulfone groups is 1. The van der Waals surface area contributed by atoms with Crippen LogP contribution in [0.2, 0.25) is 5.02 Å². The molecule has 2 atom stereocenters. The molecule has 1 amide bonds. The molecule has 30 heavy (non-hydrogen) atoms. The summed E-state index contributed by atoms with van der Waals surface area (Å²) < 4.78 is 28.5. The molecule has 0 bridgehead atoms. The number of carbonyl (C=O) groups excluding carboxylic acids is 1. The third-order valence-corrected chi connectivity index (χ3v) is 5.85. The van der Waals surface area contributed by atoms with Crippen LogP contribution >= 0.6 is 11.6 Å². The molecular formula is C21H24ClN3O4S. The van der Waals surface area contributed by atoms with Crippen LogP contribution in [0.4, 0.5) is 0 Å². The zero-order chi connectivity index (χ0) is 21.7. The van der Waals surface area contributed by atoms with E-state index in [0.717, 1.165) is 36.5 Å². The molecule has 2 aromatic rings. The molecule has 3 rings (SSSR count). The topological polar surface area (TPSA) is 98.2 Å². The predicted molar refractivity (Wildman–Crippen MR) is 115 cm³/mol. The molecule has 9 heteroatoms. The van der Waals surface area contributed by atoms with E-state index in [2.05, 4.69) is 15.3 Å². The standard InChI is InChI=1S/C21H24ClN3O4S/c1-14(10-11-30(2,27)28)25-21(26)20-23-12-16(13-24-20)29-19(15-6-5-7-15)17-8-3-4-9-18(17)22/h3-4,8-15,19H,5-7H2,1-2H3,(H,25,26)/b11-10+/t14-,19?/m1/s1. The van der Waals surface area contributed by atoms with Gasteiger partial charge in [-0.25, -0.2) is 18.4 Å². The highest BCUT2D eigenvalue weighted by atomic mass is 35.5. The molecule has 0 spiro atoms. The number of hydrogen-bond donors (Lipinski definition) is 1. The second kappa shape index (κ2) is 9.57. The minimum absolute atomic E-state index is 0.0279. The van der Waals surface area contributed by atoms with Gasteiger partial charge in [0, 0.05) is 34.2 Å². The van der Waals surface area contributed by atoms with E-state index < -0.39 is 21.8 Å². The van der Waals surface area contributed by atoms with Crippen LogP contribution in [0.25, 0.3) is 0 Å². The van der Waals surface area contributed by atoms with Crippen molar-refractivity contribution in [1.82, 2.24) is 15.3 Å². The van der Waals surface area contributed by atoms with E-state index in [-0.39, 0.29) is 11.9 Å². The van der Waals surface area contributed by atoms with Gasteiger partial charge >= 0.3 is 0 Å². The molecule has 1 fully saturated rings. The van der Waals surface area contributed by atoms with Crippen LogP contribution in [0.3, 0.4) is 0 Å². The molecule has 160 valence electrons. The first-order valence-corrected chi connectivity index (χ1v) is 12.0. The summed E-state index contributed by atoms with van der Waals surface area (Å²) in [7, 11) is -3.26. The van der Waals surface area contributed by atoms with E-state index in [9.17, 15) is 13.2 Å². The van der Waals surface area contributed by atoms with Gasteiger partial charge in [0.25, 0.3) is 5.91 Å². The Morgan fingerprint density at radius 3 is 2.50 bits per heavy atom. The lowest BCUT2D eigenvalue weighted by Gasteiger charge is -2.34. The molecule has 0 saturated heterocycles. The Labute approximate surface area is 181 Å². The molecule has 1 saturated carbocycles.